The number of aromatic nitrogens is 4. The van der Waals surface area contributed by atoms with Crippen LogP contribution in [0, 0.1) is 5.92 Å². The van der Waals surface area contributed by atoms with Gasteiger partial charge in [-0.25, -0.2) is 9.78 Å². The van der Waals surface area contributed by atoms with Crippen molar-refractivity contribution in [1.29, 1.82) is 0 Å². The van der Waals surface area contributed by atoms with E-state index in [1.165, 1.54) is 37.3 Å². The van der Waals surface area contributed by atoms with E-state index in [2.05, 4.69) is 4.98 Å². The highest BCUT2D eigenvalue weighted by Gasteiger charge is 2.19. The molecule has 0 radical (unpaired) electrons. The number of aryl methyl sites for hydroxylation is 1. The molecule has 0 spiro atoms. The van der Waals surface area contributed by atoms with Crippen LogP contribution in [0.5, 0.6) is 0 Å². The van der Waals surface area contributed by atoms with Gasteiger partial charge in [0.25, 0.3) is 5.56 Å². The third kappa shape index (κ3) is 2.66. The van der Waals surface area contributed by atoms with Crippen molar-refractivity contribution in [1.82, 2.24) is 18.7 Å². The number of imidazole rings is 1. The normalized spacial score (nSPS) is 15.2. The summed E-state index contributed by atoms with van der Waals surface area (Å²) in [6.07, 6.45) is 6.66. The van der Waals surface area contributed by atoms with Gasteiger partial charge < -0.3 is 4.57 Å². The van der Waals surface area contributed by atoms with Crippen LogP contribution in [0.1, 0.15) is 39.5 Å². The highest BCUT2D eigenvalue weighted by atomic mass is 16.2. The van der Waals surface area contributed by atoms with Gasteiger partial charge in [-0.1, -0.05) is 26.7 Å². The molecule has 1 saturated carbocycles. The average Bonchev–Trinajstić information content (AvgIpc) is 3.15. The van der Waals surface area contributed by atoms with Crippen LogP contribution in [0.2, 0.25) is 0 Å². The highest BCUT2D eigenvalue weighted by Crippen LogP contribution is 2.26. The van der Waals surface area contributed by atoms with Gasteiger partial charge in [0.15, 0.2) is 11.2 Å². The fourth-order valence-electron chi connectivity index (χ4n) is 3.01. The van der Waals surface area contributed by atoms with Crippen LogP contribution in [0.4, 0.5) is 0 Å². The molecule has 1 aliphatic rings. The van der Waals surface area contributed by atoms with Crippen molar-refractivity contribution in [2.45, 2.75) is 46.1 Å². The topological polar surface area (TPSA) is 61.8 Å². The minimum atomic E-state index is -0.330. The quantitative estimate of drug-likeness (QED) is 0.845. The number of fused-ring (bicyclic) bond motifs is 1. The summed E-state index contributed by atoms with van der Waals surface area (Å²) >= 11 is 0. The predicted molar refractivity (Wildman–Crippen MR) is 83.5 cm³/mol. The molecule has 2 aromatic rings. The second-order valence-corrected chi connectivity index (χ2v) is 5.43. The maximum absolute atomic E-state index is 12.2. The van der Waals surface area contributed by atoms with Crippen LogP contribution in [-0.4, -0.2) is 18.7 Å². The van der Waals surface area contributed by atoms with Crippen molar-refractivity contribution in [2.24, 2.45) is 20.0 Å². The Bertz CT molecular complexity index is 732. The summed E-state index contributed by atoms with van der Waals surface area (Å²) in [4.78, 5) is 28.3. The fourth-order valence-corrected chi connectivity index (χ4v) is 3.01. The lowest BCUT2D eigenvalue weighted by Gasteiger charge is -2.11. The standard InChI is InChI=1S/C13H18N4O2.C2H6/c1-15-11-10(12(18)16(2)13(15)19)17(8-14-11)7-9-5-3-4-6-9;1-2/h8-9H,3-7H2,1-2H3;1-2H3. The Hall–Kier alpha value is -1.85. The molecule has 21 heavy (non-hydrogen) atoms. The van der Waals surface area contributed by atoms with E-state index in [1.807, 2.05) is 18.4 Å². The van der Waals surface area contributed by atoms with Gasteiger partial charge in [0.2, 0.25) is 0 Å². The van der Waals surface area contributed by atoms with E-state index in [-0.39, 0.29) is 11.2 Å². The number of hydrogen-bond acceptors (Lipinski definition) is 3. The third-order valence-electron chi connectivity index (χ3n) is 4.15. The summed E-state index contributed by atoms with van der Waals surface area (Å²) in [7, 11) is 3.16. The lowest BCUT2D eigenvalue weighted by Crippen LogP contribution is -2.37. The molecule has 3 rings (SSSR count). The van der Waals surface area contributed by atoms with Crippen molar-refractivity contribution in [3.05, 3.63) is 27.2 Å². The molecule has 1 aliphatic carbocycles. The van der Waals surface area contributed by atoms with E-state index in [4.69, 9.17) is 0 Å². The summed E-state index contributed by atoms with van der Waals surface area (Å²) in [6.45, 7) is 4.82. The zero-order chi connectivity index (χ0) is 15.6. The first-order valence-electron chi connectivity index (χ1n) is 7.70. The molecule has 0 saturated heterocycles. The van der Waals surface area contributed by atoms with E-state index in [1.54, 1.807) is 13.4 Å². The largest absolute Gasteiger partial charge is 0.332 e. The SMILES string of the molecule is CC.Cn1c(=O)c2c(ncn2CC2CCCC2)n(C)c1=O. The molecular weight excluding hydrogens is 268 g/mol. The Kier molecular flexibility index (Phi) is 4.65. The monoisotopic (exact) mass is 292 g/mol. The van der Waals surface area contributed by atoms with E-state index in [0.29, 0.717) is 17.1 Å². The zero-order valence-electron chi connectivity index (χ0n) is 13.3. The summed E-state index contributed by atoms with van der Waals surface area (Å²) in [5.41, 5.74) is 0.430. The van der Waals surface area contributed by atoms with E-state index in [9.17, 15) is 9.59 Å². The van der Waals surface area contributed by atoms with Gasteiger partial charge in [0.05, 0.1) is 6.33 Å². The van der Waals surface area contributed by atoms with E-state index in [0.717, 1.165) is 11.1 Å². The predicted octanol–water partition coefficient (Wildman–Crippen LogP) is 1.65. The van der Waals surface area contributed by atoms with Gasteiger partial charge in [0.1, 0.15) is 0 Å². The van der Waals surface area contributed by atoms with Crippen LogP contribution in [0.15, 0.2) is 15.9 Å². The van der Waals surface area contributed by atoms with Gasteiger partial charge in [0, 0.05) is 20.6 Å². The van der Waals surface area contributed by atoms with Crippen molar-refractivity contribution >= 4 is 11.2 Å². The molecule has 0 atom stereocenters. The summed E-state index contributed by atoms with van der Waals surface area (Å²) in [6, 6.07) is 0. The first kappa shape index (κ1) is 15.5. The van der Waals surface area contributed by atoms with Gasteiger partial charge in [-0.2, -0.15) is 0 Å². The van der Waals surface area contributed by atoms with E-state index >= 15 is 0 Å². The molecule has 0 amide bonds. The first-order valence-corrected chi connectivity index (χ1v) is 7.70. The molecule has 1 fully saturated rings. The lowest BCUT2D eigenvalue weighted by molar-refractivity contribution is 0.463. The van der Waals surface area contributed by atoms with Gasteiger partial charge in [-0.15, -0.1) is 0 Å². The average molecular weight is 292 g/mol. The Morgan fingerprint density at radius 1 is 1.14 bits per heavy atom. The molecule has 2 aromatic heterocycles. The highest BCUT2D eigenvalue weighted by molar-refractivity contribution is 5.69. The minimum Gasteiger partial charge on any atom is -0.324 e. The number of rotatable bonds is 2. The van der Waals surface area contributed by atoms with Crippen molar-refractivity contribution in [3.8, 4) is 0 Å². The van der Waals surface area contributed by atoms with Crippen LogP contribution in [0.3, 0.4) is 0 Å². The molecule has 116 valence electrons. The Morgan fingerprint density at radius 3 is 2.38 bits per heavy atom. The summed E-state index contributed by atoms with van der Waals surface area (Å²) < 4.78 is 4.49. The summed E-state index contributed by atoms with van der Waals surface area (Å²) in [5, 5.41) is 0. The second kappa shape index (κ2) is 6.28. The Balaban J connectivity index is 0.000000774. The molecule has 0 unspecified atom stereocenters. The van der Waals surface area contributed by atoms with E-state index < -0.39 is 0 Å². The number of hydrogen-bond donors (Lipinski definition) is 0. The van der Waals surface area contributed by atoms with Crippen LogP contribution < -0.4 is 11.2 Å². The Labute approximate surface area is 124 Å². The third-order valence-corrected chi connectivity index (χ3v) is 4.15. The molecule has 0 aromatic carbocycles. The molecule has 0 bridgehead atoms. The molecule has 6 heteroatoms. The maximum atomic E-state index is 12.2. The molecule has 0 aliphatic heterocycles. The van der Waals surface area contributed by atoms with Gasteiger partial charge in [-0.3, -0.25) is 13.9 Å². The van der Waals surface area contributed by atoms with Gasteiger partial charge in [-0.05, 0) is 18.8 Å². The number of nitrogens with zero attached hydrogens (tertiary/aromatic N) is 4. The molecule has 2 heterocycles. The summed E-state index contributed by atoms with van der Waals surface area (Å²) in [5.74, 6) is 0.624. The lowest BCUT2D eigenvalue weighted by atomic mass is 10.1. The first-order chi connectivity index (χ1) is 10.1. The minimum absolute atomic E-state index is 0.256. The van der Waals surface area contributed by atoms with Crippen LogP contribution in [0.25, 0.3) is 11.2 Å². The van der Waals surface area contributed by atoms with Crippen molar-refractivity contribution < 1.29 is 0 Å². The molecule has 0 N–H and O–H groups in total. The smallest absolute Gasteiger partial charge is 0.324 e. The van der Waals surface area contributed by atoms with Crippen molar-refractivity contribution in [2.75, 3.05) is 0 Å². The molecular formula is C15H24N4O2. The van der Waals surface area contributed by atoms with Gasteiger partial charge >= 0.3 is 5.69 Å². The van der Waals surface area contributed by atoms with Crippen LogP contribution in [-0.2, 0) is 20.6 Å². The second-order valence-electron chi connectivity index (χ2n) is 5.43. The van der Waals surface area contributed by atoms with Crippen LogP contribution >= 0.6 is 0 Å². The molecule has 6 nitrogen and oxygen atoms in total. The zero-order valence-corrected chi connectivity index (χ0v) is 13.3. The maximum Gasteiger partial charge on any atom is 0.332 e. The fraction of sp³-hybridized carbons (Fsp3) is 0.667. The Morgan fingerprint density at radius 2 is 1.76 bits per heavy atom. The van der Waals surface area contributed by atoms with Crippen molar-refractivity contribution in [3.63, 3.8) is 0 Å².